The highest BCUT2D eigenvalue weighted by atomic mass is 16.4. The van der Waals surface area contributed by atoms with Gasteiger partial charge in [0.15, 0.2) is 0 Å². The molecule has 22 heavy (non-hydrogen) atoms. The van der Waals surface area contributed by atoms with Crippen molar-refractivity contribution in [3.05, 3.63) is 0 Å². The van der Waals surface area contributed by atoms with Crippen molar-refractivity contribution in [3.8, 4) is 0 Å². The van der Waals surface area contributed by atoms with Gasteiger partial charge in [-0.25, -0.2) is 0 Å². The van der Waals surface area contributed by atoms with Crippen LogP contribution in [0.5, 0.6) is 0 Å². The van der Waals surface area contributed by atoms with Gasteiger partial charge < -0.3 is 10.2 Å². The molecule has 0 radical (unpaired) electrons. The summed E-state index contributed by atoms with van der Waals surface area (Å²) in [5.74, 6) is -1.54. The van der Waals surface area contributed by atoms with E-state index in [4.69, 9.17) is 5.11 Å². The molecule has 0 aromatic heterocycles. The van der Waals surface area contributed by atoms with Gasteiger partial charge in [-0.2, -0.15) is 0 Å². The number of aliphatic carboxylic acids is 2. The molecule has 0 aromatic carbocycles. The Labute approximate surface area is 135 Å². The van der Waals surface area contributed by atoms with E-state index in [0.717, 1.165) is 12.8 Å². The summed E-state index contributed by atoms with van der Waals surface area (Å²) in [5.41, 5.74) is 0. The summed E-state index contributed by atoms with van der Waals surface area (Å²) in [6, 6.07) is 0. The minimum Gasteiger partial charge on any atom is -0.481 e. The molecule has 0 rings (SSSR count). The average Bonchev–Trinajstić information content (AvgIpc) is 2.47. The van der Waals surface area contributed by atoms with Crippen LogP contribution < -0.4 is 0 Å². The van der Waals surface area contributed by atoms with Gasteiger partial charge in [0.05, 0.1) is 5.92 Å². The Hall–Kier alpha value is -1.06. The maximum absolute atomic E-state index is 11.3. The van der Waals surface area contributed by atoms with Crippen molar-refractivity contribution < 1.29 is 19.8 Å². The molecular formula is C18H34O4. The first-order valence-electron chi connectivity index (χ1n) is 8.95. The van der Waals surface area contributed by atoms with Crippen LogP contribution in [-0.2, 0) is 9.59 Å². The van der Waals surface area contributed by atoms with Gasteiger partial charge in [-0.05, 0) is 25.2 Å². The highest BCUT2D eigenvalue weighted by Crippen LogP contribution is 2.25. The Balaban J connectivity index is 4.01. The second kappa shape index (κ2) is 13.6. The zero-order valence-corrected chi connectivity index (χ0v) is 14.4. The lowest BCUT2D eigenvalue weighted by Crippen LogP contribution is -2.18. The molecule has 2 unspecified atom stereocenters. The van der Waals surface area contributed by atoms with Gasteiger partial charge in [0.2, 0.25) is 0 Å². The minimum atomic E-state index is -0.844. The van der Waals surface area contributed by atoms with Crippen LogP contribution in [-0.4, -0.2) is 22.2 Å². The SMILES string of the molecule is CCCCCCCCC(CC)CC(CCCC(=O)O)C(=O)O. The molecule has 130 valence electrons. The number of carboxylic acids is 2. The molecule has 0 aromatic rings. The third-order valence-electron chi connectivity index (χ3n) is 4.45. The van der Waals surface area contributed by atoms with Crippen LogP contribution in [0.1, 0.15) is 90.9 Å². The van der Waals surface area contributed by atoms with E-state index in [1.54, 1.807) is 0 Å². The highest BCUT2D eigenvalue weighted by Gasteiger charge is 2.21. The van der Waals surface area contributed by atoms with E-state index in [-0.39, 0.29) is 12.3 Å². The number of hydrogen-bond donors (Lipinski definition) is 2. The van der Waals surface area contributed by atoms with E-state index in [1.165, 1.54) is 38.5 Å². The molecule has 0 spiro atoms. The van der Waals surface area contributed by atoms with Crippen LogP contribution >= 0.6 is 0 Å². The molecule has 4 heteroatoms. The number of rotatable bonds is 15. The molecule has 2 atom stereocenters. The van der Waals surface area contributed by atoms with Gasteiger partial charge in [0.1, 0.15) is 0 Å². The first-order valence-corrected chi connectivity index (χ1v) is 8.95. The Kier molecular flexibility index (Phi) is 12.9. The Morgan fingerprint density at radius 2 is 1.50 bits per heavy atom. The zero-order valence-electron chi connectivity index (χ0n) is 14.4. The highest BCUT2D eigenvalue weighted by molar-refractivity contribution is 5.70. The van der Waals surface area contributed by atoms with Gasteiger partial charge in [-0.1, -0.05) is 65.2 Å². The predicted octanol–water partition coefficient (Wildman–Crippen LogP) is 5.11. The Morgan fingerprint density at radius 3 is 2.05 bits per heavy atom. The minimum absolute atomic E-state index is 0.0675. The summed E-state index contributed by atoms with van der Waals surface area (Å²) in [7, 11) is 0. The number of hydrogen-bond acceptors (Lipinski definition) is 2. The summed E-state index contributed by atoms with van der Waals surface area (Å²) >= 11 is 0. The van der Waals surface area contributed by atoms with Crippen LogP contribution in [0.15, 0.2) is 0 Å². The van der Waals surface area contributed by atoms with Crippen LogP contribution in [0.4, 0.5) is 0 Å². The molecule has 0 amide bonds. The van der Waals surface area contributed by atoms with Crippen molar-refractivity contribution in [2.45, 2.75) is 90.9 Å². The predicted molar refractivity (Wildman–Crippen MR) is 89.0 cm³/mol. The first kappa shape index (κ1) is 20.9. The molecule has 0 aliphatic rings. The molecule has 0 heterocycles. The second-order valence-electron chi connectivity index (χ2n) is 6.39. The molecule has 4 nitrogen and oxygen atoms in total. The fraction of sp³-hybridized carbons (Fsp3) is 0.889. The zero-order chi connectivity index (χ0) is 16.8. The lowest BCUT2D eigenvalue weighted by atomic mass is 9.86. The van der Waals surface area contributed by atoms with E-state index in [2.05, 4.69) is 13.8 Å². The van der Waals surface area contributed by atoms with E-state index in [9.17, 15) is 14.7 Å². The summed E-state index contributed by atoms with van der Waals surface area (Å²) in [5, 5.41) is 18.0. The topological polar surface area (TPSA) is 74.6 Å². The molecule has 0 fully saturated rings. The molecular weight excluding hydrogens is 280 g/mol. The Bertz CT molecular complexity index is 301. The summed E-state index contributed by atoms with van der Waals surface area (Å²) in [6.07, 6.45) is 11.4. The average molecular weight is 314 g/mol. The third kappa shape index (κ3) is 11.6. The quantitative estimate of drug-likeness (QED) is 0.412. The molecule has 2 N–H and O–H groups in total. The van der Waals surface area contributed by atoms with Gasteiger partial charge in [0.25, 0.3) is 0 Å². The van der Waals surface area contributed by atoms with E-state index in [1.807, 2.05) is 0 Å². The van der Waals surface area contributed by atoms with Gasteiger partial charge >= 0.3 is 11.9 Å². The second-order valence-corrected chi connectivity index (χ2v) is 6.39. The summed E-state index contributed by atoms with van der Waals surface area (Å²) < 4.78 is 0. The first-order chi connectivity index (χ1) is 10.5. The molecule has 0 saturated carbocycles. The standard InChI is InChI=1S/C18H34O4/c1-3-5-6-7-8-9-11-15(4-2)14-16(18(21)22)12-10-13-17(19)20/h15-16H,3-14H2,1-2H3,(H,19,20)(H,21,22). The van der Waals surface area contributed by atoms with Crippen molar-refractivity contribution >= 4 is 11.9 Å². The lowest BCUT2D eigenvalue weighted by molar-refractivity contribution is -0.143. The van der Waals surface area contributed by atoms with Crippen molar-refractivity contribution in [2.24, 2.45) is 11.8 Å². The van der Waals surface area contributed by atoms with Gasteiger partial charge in [-0.15, -0.1) is 0 Å². The number of carboxylic acid groups (broad SMARTS) is 2. The molecule has 0 bridgehead atoms. The number of carbonyl (C=O) groups is 2. The van der Waals surface area contributed by atoms with Gasteiger partial charge in [0, 0.05) is 6.42 Å². The molecule has 0 saturated heterocycles. The van der Waals surface area contributed by atoms with Crippen LogP contribution in [0.25, 0.3) is 0 Å². The van der Waals surface area contributed by atoms with Gasteiger partial charge in [-0.3, -0.25) is 9.59 Å². The maximum Gasteiger partial charge on any atom is 0.306 e. The normalized spacial score (nSPS) is 13.7. The fourth-order valence-corrected chi connectivity index (χ4v) is 2.95. The number of unbranched alkanes of at least 4 members (excludes halogenated alkanes) is 5. The van der Waals surface area contributed by atoms with Crippen LogP contribution in [0, 0.1) is 11.8 Å². The smallest absolute Gasteiger partial charge is 0.306 e. The van der Waals surface area contributed by atoms with E-state index >= 15 is 0 Å². The van der Waals surface area contributed by atoms with Crippen molar-refractivity contribution in [3.63, 3.8) is 0 Å². The fourth-order valence-electron chi connectivity index (χ4n) is 2.95. The van der Waals surface area contributed by atoms with E-state index in [0.29, 0.717) is 25.2 Å². The summed E-state index contributed by atoms with van der Waals surface area (Å²) in [4.78, 5) is 21.9. The largest absolute Gasteiger partial charge is 0.481 e. The Morgan fingerprint density at radius 1 is 0.864 bits per heavy atom. The lowest BCUT2D eigenvalue weighted by Gasteiger charge is -2.19. The van der Waals surface area contributed by atoms with Crippen LogP contribution in [0.2, 0.25) is 0 Å². The van der Waals surface area contributed by atoms with Crippen LogP contribution in [0.3, 0.4) is 0 Å². The monoisotopic (exact) mass is 314 g/mol. The van der Waals surface area contributed by atoms with Crippen molar-refractivity contribution in [1.29, 1.82) is 0 Å². The van der Waals surface area contributed by atoms with Crippen molar-refractivity contribution in [2.75, 3.05) is 0 Å². The maximum atomic E-state index is 11.3. The molecule has 0 aliphatic heterocycles. The third-order valence-corrected chi connectivity index (χ3v) is 4.45. The summed E-state index contributed by atoms with van der Waals surface area (Å²) in [6.45, 7) is 4.33. The molecule has 0 aliphatic carbocycles. The van der Waals surface area contributed by atoms with Crippen molar-refractivity contribution in [1.82, 2.24) is 0 Å². The van der Waals surface area contributed by atoms with E-state index < -0.39 is 11.9 Å².